The van der Waals surface area contributed by atoms with Gasteiger partial charge >= 0.3 is 218 Å². The molecule has 7 aromatic rings. The summed E-state index contributed by atoms with van der Waals surface area (Å²) in [5, 5.41) is 83.4. The molecule has 0 atom stereocenters. The summed E-state index contributed by atoms with van der Waals surface area (Å²) in [6.45, 7) is 0. The van der Waals surface area contributed by atoms with E-state index in [4.69, 9.17) is 0 Å². The van der Waals surface area contributed by atoms with Crippen LogP contribution >= 0.6 is 0 Å². The van der Waals surface area contributed by atoms with Crippen LogP contribution in [0.1, 0.15) is 22.8 Å². The van der Waals surface area contributed by atoms with Crippen molar-refractivity contribution in [3.63, 3.8) is 0 Å². The molecule has 0 saturated carbocycles. The third kappa shape index (κ3) is 8.62. The Kier molecular flexibility index (Phi) is 12.2. The van der Waals surface area contributed by atoms with E-state index >= 15 is 0 Å². The zero-order valence-electron chi connectivity index (χ0n) is 32.3. The van der Waals surface area contributed by atoms with Gasteiger partial charge in [-0.1, -0.05) is 0 Å². The molecule has 0 unspecified atom stereocenters. The number of hydrogen-bond acceptors (Lipinski definition) is 10. The van der Waals surface area contributed by atoms with Gasteiger partial charge in [-0.3, -0.25) is 0 Å². The zero-order valence-corrected chi connectivity index (χ0v) is 33.5. The van der Waals surface area contributed by atoms with Crippen LogP contribution in [0.25, 0.3) is 46.4 Å². The first-order valence-corrected chi connectivity index (χ1v) is 21.5. The summed E-state index contributed by atoms with van der Waals surface area (Å²) in [5.74, 6) is 0. The molecule has 0 fully saturated rings. The number of nitrogens with zero attached hydrogens (tertiary/aromatic N) is 2. The average molecular weight is 849 g/mol. The molecule has 17 heteroatoms. The normalized spacial score (nSPS) is 12.1. The van der Waals surface area contributed by atoms with Gasteiger partial charge in [0, 0.05) is 22.1 Å². The van der Waals surface area contributed by atoms with Gasteiger partial charge in [-0.05, 0) is 72.8 Å². The van der Waals surface area contributed by atoms with Crippen LogP contribution in [-0.4, -0.2) is 88.6 Å². The van der Waals surface area contributed by atoms with Crippen molar-refractivity contribution in [3.8, 4) is 0 Å². The van der Waals surface area contributed by atoms with E-state index in [2.05, 4.69) is 44.2 Å². The molecule has 3 aromatic heterocycles. The molecule has 8 bridgehead atoms. The number of H-pyrrole nitrogens is 2. The standard InChI is InChI=1S/C20H14N4.4C6H6BO2.Mn/c1-2-14-10-16-5-6-18(23-16)12-20-8-7-19(24-20)11-17-4-3-15(22-17)9-13(1)21-14;4*8-7(9)6-4-2-1-3-5-6;/h1-12,21,24H;4*1-4,8-9H;. The minimum absolute atomic E-state index is 0.0988. The van der Waals surface area contributed by atoms with E-state index in [1.54, 1.807) is 72.8 Å². The number of rotatable bonds is 8. The molecule has 0 spiro atoms. The number of benzene rings is 4. The number of nitrogens with one attached hydrogen (secondary N) is 2. The number of fused-ring (bicyclic) bond motifs is 8. The zero-order chi connectivity index (χ0) is 42.7. The summed E-state index contributed by atoms with van der Waals surface area (Å²) in [5.41, 5.74) is 8.26. The topological polar surface area (TPSA) is 219 Å². The predicted molar refractivity (Wildman–Crippen MR) is 242 cm³/mol. The fourth-order valence-corrected chi connectivity index (χ4v) is 14.1. The molecule has 2 aliphatic heterocycles. The van der Waals surface area contributed by atoms with Crippen LogP contribution in [-0.2, 0) is 12.8 Å². The van der Waals surface area contributed by atoms with Crippen molar-refractivity contribution in [3.05, 3.63) is 168 Å². The van der Waals surface area contributed by atoms with Crippen molar-refractivity contribution >= 4 is 115 Å². The van der Waals surface area contributed by atoms with Gasteiger partial charge in [0.1, 0.15) is 0 Å². The van der Waals surface area contributed by atoms with Crippen molar-refractivity contribution in [2.45, 2.75) is 0 Å². The Labute approximate surface area is 354 Å². The third-order valence-corrected chi connectivity index (χ3v) is 16.0. The average Bonchev–Trinajstić information content (AvgIpc) is 4.09. The van der Waals surface area contributed by atoms with E-state index in [1.807, 2.05) is 48.6 Å². The van der Waals surface area contributed by atoms with Crippen molar-refractivity contribution < 1.29 is 53.0 Å². The van der Waals surface area contributed by atoms with E-state index in [0.717, 1.165) is 44.8 Å². The summed E-state index contributed by atoms with van der Waals surface area (Å²) in [7, 11) is -7.75. The van der Waals surface area contributed by atoms with Crippen LogP contribution < -0.4 is 39.7 Å². The van der Waals surface area contributed by atoms with Crippen LogP contribution in [0.2, 0.25) is 0 Å². The minimum atomic E-state index is -4.04. The van der Waals surface area contributed by atoms with Gasteiger partial charge < -0.3 is 9.97 Å². The quantitative estimate of drug-likeness (QED) is 0.0826. The van der Waals surface area contributed by atoms with E-state index in [-0.39, 0.29) is 21.9 Å². The van der Waals surface area contributed by atoms with Crippen LogP contribution in [0.5, 0.6) is 0 Å². The maximum absolute atomic E-state index is 10.4. The van der Waals surface area contributed by atoms with E-state index in [9.17, 15) is 40.2 Å². The van der Waals surface area contributed by atoms with Gasteiger partial charge in [0.2, 0.25) is 0 Å². The summed E-state index contributed by atoms with van der Waals surface area (Å²) in [6.07, 6.45) is 8.09. The predicted octanol–water partition coefficient (Wildman–Crippen LogP) is -1.18. The molecule has 4 aromatic carbocycles. The first-order valence-electron chi connectivity index (χ1n) is 19.1. The van der Waals surface area contributed by atoms with Crippen LogP contribution in [0, 0.1) is 0 Å². The summed E-state index contributed by atoms with van der Waals surface area (Å²) >= 11 is -4.04. The molecule has 0 amide bonds. The summed E-state index contributed by atoms with van der Waals surface area (Å²) < 4.78 is 1.50. The van der Waals surface area contributed by atoms with Crippen molar-refractivity contribution in [2.24, 2.45) is 0 Å². The molecule has 12 nitrogen and oxygen atoms in total. The van der Waals surface area contributed by atoms with E-state index in [0.29, 0.717) is 17.8 Å². The Morgan fingerprint density at radius 1 is 0.328 bits per heavy atom. The van der Waals surface area contributed by atoms with Gasteiger partial charge in [-0.25, -0.2) is 9.97 Å². The second-order valence-corrected chi connectivity index (χ2v) is 18.4. The van der Waals surface area contributed by atoms with Gasteiger partial charge in [0.05, 0.1) is 22.8 Å². The van der Waals surface area contributed by atoms with Crippen LogP contribution in [0.15, 0.2) is 146 Å². The molecule has 10 N–H and O–H groups in total. The molecule has 9 rings (SSSR count). The van der Waals surface area contributed by atoms with Crippen molar-refractivity contribution in [1.29, 1.82) is 0 Å². The van der Waals surface area contributed by atoms with E-state index < -0.39 is 41.3 Å². The first-order chi connectivity index (χ1) is 29.5. The van der Waals surface area contributed by atoms with Gasteiger partial charge in [0.15, 0.2) is 0 Å². The third-order valence-electron chi connectivity index (χ3n) is 10.00. The molecular formula is C44H38B4MnN4O8. The van der Waals surface area contributed by atoms with Crippen molar-refractivity contribution in [1.82, 2.24) is 19.9 Å². The van der Waals surface area contributed by atoms with Gasteiger partial charge in [0.25, 0.3) is 0 Å². The Bertz CT molecular complexity index is 2570. The molecule has 0 saturated heterocycles. The van der Waals surface area contributed by atoms with Crippen molar-refractivity contribution in [2.75, 3.05) is 0 Å². The molecule has 2 aliphatic rings. The SMILES string of the molecule is C1=Cc2cc3ccc(cc4nc(cc5ccc(cc1n2)[nH]5)C=C4)[nH]3.OB(O)c1cccc[c]1[Mn]([c]1ccccc1B(O)O)([c]1ccccc1B(O)O)[c]1ccccc1B(O)O. The van der Waals surface area contributed by atoms with Gasteiger partial charge in [-0.2, -0.15) is 0 Å². The number of aromatic nitrogens is 4. The van der Waals surface area contributed by atoms with E-state index in [1.165, 1.54) is 24.3 Å². The number of hydrogen-bond donors (Lipinski definition) is 10. The molecule has 301 valence electrons. The fraction of sp³-hybridized carbons (Fsp3) is 0. The summed E-state index contributed by atoms with van der Waals surface area (Å²) in [6, 6.07) is 42.2. The monoisotopic (exact) mass is 849 g/mol. The Morgan fingerprint density at radius 3 is 0.787 bits per heavy atom. The fourth-order valence-electron chi connectivity index (χ4n) is 7.37. The molecule has 0 radical (unpaired) electrons. The van der Waals surface area contributed by atoms with Crippen LogP contribution in [0.3, 0.4) is 0 Å². The molecule has 5 heterocycles. The number of aromatic amines is 2. The van der Waals surface area contributed by atoms with Crippen LogP contribution in [0.4, 0.5) is 0 Å². The summed E-state index contributed by atoms with van der Waals surface area (Å²) in [4.78, 5) is 16.0. The molecule has 61 heavy (non-hydrogen) atoms. The Hall–Kier alpha value is -6.06. The Morgan fingerprint density at radius 2 is 0.557 bits per heavy atom. The second kappa shape index (κ2) is 17.9. The Balaban J connectivity index is 0.000000183. The van der Waals surface area contributed by atoms with Gasteiger partial charge in [-0.15, -0.1) is 0 Å². The second-order valence-electron chi connectivity index (χ2n) is 14.1. The first kappa shape index (κ1) is 41.7. The molecule has 0 aliphatic carbocycles. The maximum atomic E-state index is 10.4. The molecular weight excluding hydrogens is 811 g/mol.